The predicted octanol–water partition coefficient (Wildman–Crippen LogP) is 0.817. The first-order valence-electron chi connectivity index (χ1n) is 7.00. The van der Waals surface area contributed by atoms with E-state index in [4.69, 9.17) is 4.52 Å². The molecular formula is C13H22N4O2. The highest BCUT2D eigenvalue weighted by atomic mass is 16.5. The molecule has 0 bridgehead atoms. The molecule has 6 nitrogen and oxygen atoms in total. The lowest BCUT2D eigenvalue weighted by Crippen LogP contribution is -2.31. The number of carbonyl (C=O) groups is 1. The lowest BCUT2D eigenvalue weighted by molar-refractivity contribution is -0.121. The van der Waals surface area contributed by atoms with Crippen LogP contribution in [0.25, 0.3) is 0 Å². The van der Waals surface area contributed by atoms with Crippen molar-refractivity contribution in [3.8, 4) is 0 Å². The van der Waals surface area contributed by atoms with E-state index < -0.39 is 0 Å². The second-order valence-electron chi connectivity index (χ2n) is 5.09. The van der Waals surface area contributed by atoms with Gasteiger partial charge in [0.15, 0.2) is 5.82 Å². The summed E-state index contributed by atoms with van der Waals surface area (Å²) in [4.78, 5) is 15.8. The van der Waals surface area contributed by atoms with Gasteiger partial charge in [-0.15, -0.1) is 0 Å². The second-order valence-corrected chi connectivity index (χ2v) is 5.09. The van der Waals surface area contributed by atoms with Crippen LogP contribution in [0.5, 0.6) is 0 Å². The average molecular weight is 266 g/mol. The van der Waals surface area contributed by atoms with Crippen LogP contribution in [0.4, 0.5) is 0 Å². The maximum Gasteiger partial charge on any atom is 0.228 e. The molecular weight excluding hydrogens is 244 g/mol. The highest BCUT2D eigenvalue weighted by Crippen LogP contribution is 2.15. The number of carbonyl (C=O) groups excluding carboxylic acids is 1. The van der Waals surface area contributed by atoms with Crippen LogP contribution in [0.2, 0.25) is 0 Å². The van der Waals surface area contributed by atoms with Gasteiger partial charge in [0.2, 0.25) is 11.8 Å². The van der Waals surface area contributed by atoms with Crippen molar-refractivity contribution in [2.24, 2.45) is 5.92 Å². The normalized spacial score (nSPS) is 19.3. The number of aryl methyl sites for hydroxylation is 1. The summed E-state index contributed by atoms with van der Waals surface area (Å²) in [6, 6.07) is 0. The summed E-state index contributed by atoms with van der Waals surface area (Å²) in [6.07, 6.45) is 4.63. The number of aromatic nitrogens is 2. The van der Waals surface area contributed by atoms with E-state index in [0.29, 0.717) is 37.0 Å². The Balaban J connectivity index is 1.56. The van der Waals surface area contributed by atoms with Gasteiger partial charge in [0, 0.05) is 19.4 Å². The van der Waals surface area contributed by atoms with Gasteiger partial charge in [-0.1, -0.05) is 5.16 Å². The number of nitrogens with one attached hydrogen (secondary N) is 2. The summed E-state index contributed by atoms with van der Waals surface area (Å²) < 4.78 is 4.98. The highest BCUT2D eigenvalue weighted by Gasteiger charge is 2.14. The molecule has 0 radical (unpaired) electrons. The van der Waals surface area contributed by atoms with E-state index >= 15 is 0 Å². The van der Waals surface area contributed by atoms with Gasteiger partial charge >= 0.3 is 0 Å². The third-order valence-electron chi connectivity index (χ3n) is 3.41. The summed E-state index contributed by atoms with van der Waals surface area (Å²) in [6.45, 7) is 4.51. The molecule has 1 aliphatic rings. The van der Waals surface area contributed by atoms with Gasteiger partial charge in [-0.2, -0.15) is 4.98 Å². The maximum absolute atomic E-state index is 11.7. The van der Waals surface area contributed by atoms with Crippen LogP contribution < -0.4 is 10.6 Å². The molecule has 19 heavy (non-hydrogen) atoms. The molecule has 106 valence electrons. The zero-order valence-corrected chi connectivity index (χ0v) is 11.4. The molecule has 2 heterocycles. The van der Waals surface area contributed by atoms with E-state index in [1.807, 2.05) is 0 Å². The van der Waals surface area contributed by atoms with Crippen molar-refractivity contribution in [3.63, 3.8) is 0 Å². The number of hydrogen-bond acceptors (Lipinski definition) is 5. The Hall–Kier alpha value is -1.43. The Bertz CT molecular complexity index is 399. The molecule has 0 aliphatic carbocycles. The Kier molecular flexibility index (Phi) is 5.32. The predicted molar refractivity (Wildman–Crippen MR) is 70.6 cm³/mol. The maximum atomic E-state index is 11.7. The zero-order chi connectivity index (χ0) is 13.5. The molecule has 0 aromatic carbocycles. The fourth-order valence-corrected chi connectivity index (χ4v) is 2.34. The minimum atomic E-state index is 0.113. The molecule has 1 aromatic heterocycles. The van der Waals surface area contributed by atoms with Crippen molar-refractivity contribution >= 4 is 5.91 Å². The second kappa shape index (κ2) is 7.23. The third kappa shape index (κ3) is 4.98. The minimum absolute atomic E-state index is 0.113. The third-order valence-corrected chi connectivity index (χ3v) is 3.41. The number of nitrogens with zero attached hydrogens (tertiary/aromatic N) is 2. The Labute approximate surface area is 113 Å². The summed E-state index contributed by atoms with van der Waals surface area (Å²) in [7, 11) is 0. The van der Waals surface area contributed by atoms with Gasteiger partial charge < -0.3 is 15.2 Å². The molecule has 6 heteroatoms. The van der Waals surface area contributed by atoms with E-state index in [1.54, 1.807) is 6.92 Å². The van der Waals surface area contributed by atoms with E-state index in [1.165, 1.54) is 12.8 Å². The first-order valence-corrected chi connectivity index (χ1v) is 7.00. The Morgan fingerprint density at radius 3 is 3.16 bits per heavy atom. The summed E-state index contributed by atoms with van der Waals surface area (Å²) in [5, 5.41) is 9.97. The average Bonchev–Trinajstić information content (AvgIpc) is 2.83. The van der Waals surface area contributed by atoms with Crippen molar-refractivity contribution < 1.29 is 9.32 Å². The molecule has 1 unspecified atom stereocenters. The number of piperidine rings is 1. The SMILES string of the molecule is Cc1noc(CCNC(=O)CCC2CCCNC2)n1. The number of amides is 1. The van der Waals surface area contributed by atoms with Gasteiger partial charge in [-0.05, 0) is 45.2 Å². The first-order chi connectivity index (χ1) is 9.24. The number of hydrogen-bond donors (Lipinski definition) is 2. The quantitative estimate of drug-likeness (QED) is 0.796. The van der Waals surface area contributed by atoms with Crippen LogP contribution in [-0.4, -0.2) is 35.7 Å². The lowest BCUT2D eigenvalue weighted by atomic mass is 9.94. The van der Waals surface area contributed by atoms with Crippen LogP contribution in [0.3, 0.4) is 0 Å². The smallest absolute Gasteiger partial charge is 0.228 e. The highest BCUT2D eigenvalue weighted by molar-refractivity contribution is 5.75. The van der Waals surface area contributed by atoms with Crippen molar-refractivity contribution in [3.05, 3.63) is 11.7 Å². The summed E-state index contributed by atoms with van der Waals surface area (Å²) >= 11 is 0. The topological polar surface area (TPSA) is 80.0 Å². The van der Waals surface area contributed by atoms with Crippen LogP contribution in [0.15, 0.2) is 4.52 Å². The molecule has 1 fully saturated rings. The monoisotopic (exact) mass is 266 g/mol. The first kappa shape index (κ1) is 14.0. The van der Waals surface area contributed by atoms with Crippen LogP contribution in [0.1, 0.15) is 37.4 Å². The van der Waals surface area contributed by atoms with Crippen LogP contribution >= 0.6 is 0 Å². The Morgan fingerprint density at radius 2 is 2.47 bits per heavy atom. The zero-order valence-electron chi connectivity index (χ0n) is 11.4. The molecule has 1 aliphatic heterocycles. The fourth-order valence-electron chi connectivity index (χ4n) is 2.34. The van der Waals surface area contributed by atoms with Crippen molar-refractivity contribution in [2.75, 3.05) is 19.6 Å². The van der Waals surface area contributed by atoms with Crippen LogP contribution in [0, 0.1) is 12.8 Å². The largest absolute Gasteiger partial charge is 0.356 e. The molecule has 1 atom stereocenters. The molecule has 1 saturated heterocycles. The van der Waals surface area contributed by atoms with E-state index in [0.717, 1.165) is 19.5 Å². The number of rotatable bonds is 6. The van der Waals surface area contributed by atoms with Gasteiger partial charge in [-0.3, -0.25) is 4.79 Å². The minimum Gasteiger partial charge on any atom is -0.356 e. The van der Waals surface area contributed by atoms with Crippen molar-refractivity contribution in [1.82, 2.24) is 20.8 Å². The summed E-state index contributed by atoms with van der Waals surface area (Å²) in [5.41, 5.74) is 0. The van der Waals surface area contributed by atoms with Gasteiger partial charge in [0.1, 0.15) is 0 Å². The Morgan fingerprint density at radius 1 is 1.58 bits per heavy atom. The molecule has 1 aromatic rings. The molecule has 2 rings (SSSR count). The van der Waals surface area contributed by atoms with E-state index in [2.05, 4.69) is 20.8 Å². The van der Waals surface area contributed by atoms with Gasteiger partial charge in [0.25, 0.3) is 0 Å². The standard InChI is InChI=1S/C13H22N4O2/c1-10-16-13(19-17-10)6-8-15-12(18)5-4-11-3-2-7-14-9-11/h11,14H,2-9H2,1H3,(H,15,18). The molecule has 0 saturated carbocycles. The molecule has 2 N–H and O–H groups in total. The molecule has 1 amide bonds. The molecule has 0 spiro atoms. The fraction of sp³-hybridized carbons (Fsp3) is 0.769. The van der Waals surface area contributed by atoms with E-state index in [-0.39, 0.29) is 5.91 Å². The van der Waals surface area contributed by atoms with E-state index in [9.17, 15) is 4.79 Å². The lowest BCUT2D eigenvalue weighted by Gasteiger charge is -2.22. The van der Waals surface area contributed by atoms with Crippen LogP contribution in [-0.2, 0) is 11.2 Å². The summed E-state index contributed by atoms with van der Waals surface area (Å²) in [5.74, 6) is 1.97. The van der Waals surface area contributed by atoms with Gasteiger partial charge in [0.05, 0.1) is 0 Å². The van der Waals surface area contributed by atoms with Crippen molar-refractivity contribution in [1.29, 1.82) is 0 Å². The van der Waals surface area contributed by atoms with Crippen molar-refractivity contribution in [2.45, 2.75) is 39.0 Å². The van der Waals surface area contributed by atoms with Gasteiger partial charge in [-0.25, -0.2) is 0 Å².